The normalized spacial score (nSPS) is 22.9. The predicted molar refractivity (Wildman–Crippen MR) is 75.5 cm³/mol. The summed E-state index contributed by atoms with van der Waals surface area (Å²) >= 11 is 0. The number of rotatable bonds is 6. The van der Waals surface area contributed by atoms with Crippen LogP contribution in [-0.2, 0) is 0 Å². The monoisotopic (exact) mass is 241 g/mol. The van der Waals surface area contributed by atoms with Crippen molar-refractivity contribution in [3.05, 3.63) is 0 Å². The van der Waals surface area contributed by atoms with Gasteiger partial charge >= 0.3 is 0 Å². The van der Waals surface area contributed by atoms with Crippen LogP contribution in [0.1, 0.15) is 40.0 Å². The molecular formula is C14H31N3. The molecule has 0 aromatic carbocycles. The highest BCUT2D eigenvalue weighted by Gasteiger charge is 2.24. The first-order valence-electron chi connectivity index (χ1n) is 7.18. The summed E-state index contributed by atoms with van der Waals surface area (Å²) in [6.45, 7) is 10.4. The van der Waals surface area contributed by atoms with Crippen molar-refractivity contribution in [2.75, 3.05) is 33.7 Å². The summed E-state index contributed by atoms with van der Waals surface area (Å²) in [6, 6.07) is 2.09. The summed E-state index contributed by atoms with van der Waals surface area (Å²) in [5, 5.41) is 3.51. The van der Waals surface area contributed by atoms with E-state index in [0.717, 1.165) is 12.6 Å². The van der Waals surface area contributed by atoms with Gasteiger partial charge in [0.2, 0.25) is 0 Å². The Labute approximate surface area is 108 Å². The van der Waals surface area contributed by atoms with Crippen molar-refractivity contribution in [3.8, 4) is 0 Å². The Kier molecular flexibility index (Phi) is 6.45. The molecule has 1 aliphatic heterocycles. The second kappa shape index (κ2) is 7.34. The van der Waals surface area contributed by atoms with Crippen LogP contribution in [0.2, 0.25) is 0 Å². The fraction of sp³-hybridized carbons (Fsp3) is 1.00. The van der Waals surface area contributed by atoms with Gasteiger partial charge in [-0.25, -0.2) is 0 Å². The molecule has 0 amide bonds. The molecule has 1 saturated heterocycles. The zero-order valence-corrected chi connectivity index (χ0v) is 12.4. The molecule has 1 aliphatic rings. The molecule has 0 aromatic rings. The highest BCUT2D eigenvalue weighted by molar-refractivity contribution is 4.81. The standard InChI is InChI=1S/C14H31N3/c1-6-15-12(2)11-13(3)17(5)14-7-9-16(4)10-8-14/h12-15H,6-11H2,1-5H3. The molecular weight excluding hydrogens is 210 g/mol. The van der Waals surface area contributed by atoms with E-state index < -0.39 is 0 Å². The molecule has 0 aromatic heterocycles. The molecule has 0 aliphatic carbocycles. The van der Waals surface area contributed by atoms with Gasteiger partial charge in [-0.3, -0.25) is 0 Å². The average molecular weight is 241 g/mol. The Morgan fingerprint density at radius 1 is 1.29 bits per heavy atom. The summed E-state index contributed by atoms with van der Waals surface area (Å²) in [5.74, 6) is 0. The van der Waals surface area contributed by atoms with Crippen molar-refractivity contribution >= 4 is 0 Å². The van der Waals surface area contributed by atoms with Crippen molar-refractivity contribution in [2.45, 2.75) is 58.2 Å². The van der Waals surface area contributed by atoms with Crippen molar-refractivity contribution < 1.29 is 0 Å². The smallest absolute Gasteiger partial charge is 0.0119 e. The number of piperidine rings is 1. The molecule has 17 heavy (non-hydrogen) atoms. The Balaban J connectivity index is 2.32. The SMILES string of the molecule is CCNC(C)CC(C)N(C)C1CCN(C)CC1. The fourth-order valence-electron chi connectivity index (χ4n) is 2.87. The first-order valence-corrected chi connectivity index (χ1v) is 7.18. The molecule has 1 fully saturated rings. The van der Waals surface area contributed by atoms with Gasteiger partial charge in [0.1, 0.15) is 0 Å². The van der Waals surface area contributed by atoms with Crippen LogP contribution in [0.25, 0.3) is 0 Å². The maximum absolute atomic E-state index is 3.51. The third-order valence-electron chi connectivity index (χ3n) is 4.21. The van der Waals surface area contributed by atoms with Crippen molar-refractivity contribution in [1.82, 2.24) is 15.1 Å². The molecule has 2 unspecified atom stereocenters. The summed E-state index contributed by atoms with van der Waals surface area (Å²) in [6.07, 6.45) is 3.90. The molecule has 1 rings (SSSR count). The topological polar surface area (TPSA) is 18.5 Å². The molecule has 2 atom stereocenters. The molecule has 102 valence electrons. The maximum Gasteiger partial charge on any atom is 0.0119 e. The Bertz CT molecular complexity index is 200. The molecule has 3 heteroatoms. The predicted octanol–water partition coefficient (Wildman–Crippen LogP) is 1.79. The molecule has 0 radical (unpaired) electrons. The van der Waals surface area contributed by atoms with E-state index in [9.17, 15) is 0 Å². The molecule has 0 saturated carbocycles. The summed E-state index contributed by atoms with van der Waals surface area (Å²) < 4.78 is 0. The third kappa shape index (κ3) is 4.94. The fourth-order valence-corrected chi connectivity index (χ4v) is 2.87. The van der Waals surface area contributed by atoms with Crippen LogP contribution in [0.15, 0.2) is 0 Å². The molecule has 1 N–H and O–H groups in total. The van der Waals surface area contributed by atoms with Crippen LogP contribution in [0.3, 0.4) is 0 Å². The van der Waals surface area contributed by atoms with Gasteiger partial charge in [-0.1, -0.05) is 6.92 Å². The lowest BCUT2D eigenvalue weighted by Crippen LogP contribution is -2.47. The van der Waals surface area contributed by atoms with E-state index in [0.29, 0.717) is 12.1 Å². The first-order chi connectivity index (χ1) is 8.04. The van der Waals surface area contributed by atoms with E-state index in [4.69, 9.17) is 0 Å². The quantitative estimate of drug-likeness (QED) is 0.765. The van der Waals surface area contributed by atoms with Gasteiger partial charge in [0.25, 0.3) is 0 Å². The van der Waals surface area contributed by atoms with E-state index >= 15 is 0 Å². The highest BCUT2D eigenvalue weighted by atomic mass is 15.2. The van der Waals surface area contributed by atoms with Crippen LogP contribution in [0, 0.1) is 0 Å². The summed E-state index contributed by atoms with van der Waals surface area (Å²) in [7, 11) is 4.53. The van der Waals surface area contributed by atoms with Gasteiger partial charge in [0.05, 0.1) is 0 Å². The van der Waals surface area contributed by atoms with E-state index in [-0.39, 0.29) is 0 Å². The first kappa shape index (κ1) is 14.9. The average Bonchev–Trinajstić information content (AvgIpc) is 2.29. The van der Waals surface area contributed by atoms with Crippen molar-refractivity contribution in [3.63, 3.8) is 0 Å². The van der Waals surface area contributed by atoms with E-state index in [1.807, 2.05) is 0 Å². The zero-order valence-electron chi connectivity index (χ0n) is 12.4. The van der Waals surface area contributed by atoms with Gasteiger partial charge < -0.3 is 15.1 Å². The van der Waals surface area contributed by atoms with Crippen molar-refractivity contribution in [1.29, 1.82) is 0 Å². The van der Waals surface area contributed by atoms with Crippen LogP contribution in [0.5, 0.6) is 0 Å². The lowest BCUT2D eigenvalue weighted by molar-refractivity contribution is 0.106. The largest absolute Gasteiger partial charge is 0.314 e. The van der Waals surface area contributed by atoms with Gasteiger partial charge in [-0.15, -0.1) is 0 Å². The summed E-state index contributed by atoms with van der Waals surface area (Å²) in [5.41, 5.74) is 0. The van der Waals surface area contributed by atoms with E-state index in [2.05, 4.69) is 50.0 Å². The molecule has 0 spiro atoms. The number of nitrogens with one attached hydrogen (secondary N) is 1. The molecule has 3 nitrogen and oxygen atoms in total. The minimum Gasteiger partial charge on any atom is -0.314 e. The van der Waals surface area contributed by atoms with Crippen molar-refractivity contribution in [2.24, 2.45) is 0 Å². The minimum absolute atomic E-state index is 0.628. The number of nitrogens with zero attached hydrogens (tertiary/aromatic N) is 2. The lowest BCUT2D eigenvalue weighted by Gasteiger charge is -2.39. The van der Waals surface area contributed by atoms with Gasteiger partial charge in [0.15, 0.2) is 0 Å². The number of likely N-dealkylation sites (tertiary alicyclic amines) is 1. The third-order valence-corrected chi connectivity index (χ3v) is 4.21. The second-order valence-corrected chi connectivity index (χ2v) is 5.74. The second-order valence-electron chi connectivity index (χ2n) is 5.74. The Morgan fingerprint density at radius 3 is 2.41 bits per heavy atom. The van der Waals surface area contributed by atoms with Crippen LogP contribution < -0.4 is 5.32 Å². The summed E-state index contributed by atoms with van der Waals surface area (Å²) in [4.78, 5) is 5.04. The Morgan fingerprint density at radius 2 is 1.88 bits per heavy atom. The van der Waals surface area contributed by atoms with Gasteiger partial charge in [-0.2, -0.15) is 0 Å². The molecule has 1 heterocycles. The zero-order chi connectivity index (χ0) is 12.8. The lowest BCUT2D eigenvalue weighted by atomic mass is 10.0. The number of hydrogen-bond donors (Lipinski definition) is 1. The van der Waals surface area contributed by atoms with E-state index in [1.165, 1.54) is 32.4 Å². The maximum atomic E-state index is 3.51. The van der Waals surface area contributed by atoms with Crippen LogP contribution in [0.4, 0.5) is 0 Å². The van der Waals surface area contributed by atoms with Crippen LogP contribution >= 0.6 is 0 Å². The van der Waals surface area contributed by atoms with E-state index in [1.54, 1.807) is 0 Å². The van der Waals surface area contributed by atoms with Gasteiger partial charge in [0, 0.05) is 18.1 Å². The minimum atomic E-state index is 0.628. The molecule has 0 bridgehead atoms. The highest BCUT2D eigenvalue weighted by Crippen LogP contribution is 2.18. The number of hydrogen-bond acceptors (Lipinski definition) is 3. The Hall–Kier alpha value is -0.120. The van der Waals surface area contributed by atoms with Gasteiger partial charge in [-0.05, 0) is 66.8 Å². The van der Waals surface area contributed by atoms with Crippen LogP contribution in [-0.4, -0.2) is 61.7 Å².